The van der Waals surface area contributed by atoms with Gasteiger partial charge in [0.2, 0.25) is 0 Å². The van der Waals surface area contributed by atoms with Gasteiger partial charge in [0.05, 0.1) is 66.1 Å². The molecule has 0 aromatic carbocycles. The van der Waals surface area contributed by atoms with Crippen molar-refractivity contribution in [1.82, 2.24) is 0 Å². The van der Waals surface area contributed by atoms with Gasteiger partial charge in [0.15, 0.2) is 12.6 Å². The average Bonchev–Trinajstić information content (AvgIpc) is 0.770. The summed E-state index contributed by atoms with van der Waals surface area (Å²) in [5.74, 6) is -7.20. The smallest absolute Gasteiger partial charge is 0.333 e. The number of carbonyl (C=O) groups excluding carboxylic acids is 8. The molecule has 2 saturated heterocycles. The lowest BCUT2D eigenvalue weighted by Gasteiger charge is -2.50. The minimum absolute atomic E-state index is 0.00402. The zero-order valence-electron chi connectivity index (χ0n) is 59.4. The number of hydrogen-bond acceptors (Lipinski definition) is 35. The second-order valence-electron chi connectivity index (χ2n) is 24.3. The third-order valence-corrected chi connectivity index (χ3v) is 13.6. The molecule has 2 rings (SSSR count). The zero-order chi connectivity index (χ0) is 77.8. The minimum Gasteiger partial charge on any atom is -0.460 e. The predicted octanol–water partition coefficient (Wildman–Crippen LogP) is -1.36. The van der Waals surface area contributed by atoms with Gasteiger partial charge in [0.1, 0.15) is 151 Å². The Kier molecular flexibility index (Phi) is 43.0. The Morgan fingerprint density at radius 3 is 0.718 bits per heavy atom. The molecular formula is C68H102O35. The summed E-state index contributed by atoms with van der Waals surface area (Å²) < 4.78 is 112. The predicted molar refractivity (Wildman–Crippen MR) is 353 cm³/mol. The van der Waals surface area contributed by atoms with Crippen LogP contribution in [-0.4, -0.2) is 318 Å². The van der Waals surface area contributed by atoms with Gasteiger partial charge >= 0.3 is 47.8 Å². The molecule has 0 bridgehead atoms. The van der Waals surface area contributed by atoms with Crippen LogP contribution in [0.15, 0.2) is 97.2 Å². The molecular weight excluding hydrogens is 1380 g/mol. The van der Waals surface area contributed by atoms with E-state index in [0.717, 1.165) is 0 Å². The van der Waals surface area contributed by atoms with E-state index in [9.17, 15) is 79.2 Å². The number of carbonyl (C=O) groups is 8. The Bertz CT molecular complexity index is 2850. The molecule has 0 aromatic heterocycles. The summed E-state index contributed by atoms with van der Waals surface area (Å²) in [6.07, 6.45) is -31.7. The Morgan fingerprint density at radius 2 is 0.456 bits per heavy atom. The van der Waals surface area contributed by atoms with E-state index >= 15 is 0 Å². The number of ether oxygens (including phenoxy) is 19. The van der Waals surface area contributed by atoms with Crippen molar-refractivity contribution in [3.63, 3.8) is 0 Å². The molecule has 0 amide bonds. The van der Waals surface area contributed by atoms with Gasteiger partial charge in [0.25, 0.3) is 0 Å². The second-order valence-corrected chi connectivity index (χ2v) is 24.3. The van der Waals surface area contributed by atoms with Gasteiger partial charge in [-0.05, 0) is 55.4 Å². The Morgan fingerprint density at radius 1 is 0.262 bits per heavy atom. The van der Waals surface area contributed by atoms with E-state index in [-0.39, 0.29) is 44.6 Å². The molecule has 2 heterocycles. The van der Waals surface area contributed by atoms with Gasteiger partial charge in [-0.1, -0.05) is 52.6 Å². The average molecular weight is 1480 g/mol. The van der Waals surface area contributed by atoms with Crippen LogP contribution in [0.1, 0.15) is 55.4 Å². The molecule has 103 heavy (non-hydrogen) atoms. The molecule has 0 aromatic rings. The molecule has 2 aliphatic heterocycles. The third-order valence-electron chi connectivity index (χ3n) is 13.6. The van der Waals surface area contributed by atoms with Crippen molar-refractivity contribution in [1.29, 1.82) is 0 Å². The van der Waals surface area contributed by atoms with Crippen LogP contribution in [-0.2, 0) is 128 Å². The van der Waals surface area contributed by atoms with Crippen LogP contribution in [0.3, 0.4) is 0 Å². The van der Waals surface area contributed by atoms with Crippen LogP contribution in [0.2, 0.25) is 0 Å². The maximum absolute atomic E-state index is 12.6. The van der Waals surface area contributed by atoms with E-state index < -0.39 is 277 Å². The van der Waals surface area contributed by atoms with E-state index in [1.165, 1.54) is 55.4 Å². The summed E-state index contributed by atoms with van der Waals surface area (Å²) in [6.45, 7) is 25.7. The maximum Gasteiger partial charge on any atom is 0.333 e. The van der Waals surface area contributed by atoms with Crippen molar-refractivity contribution in [2.24, 2.45) is 0 Å². The van der Waals surface area contributed by atoms with Crippen LogP contribution in [0.25, 0.3) is 0 Å². The van der Waals surface area contributed by atoms with Crippen molar-refractivity contribution in [3.05, 3.63) is 97.2 Å². The van der Waals surface area contributed by atoms with Crippen LogP contribution in [0.4, 0.5) is 0 Å². The zero-order valence-corrected chi connectivity index (χ0v) is 59.4. The Hall–Kier alpha value is -7.08. The lowest BCUT2D eigenvalue weighted by Crippen LogP contribution is -2.67. The van der Waals surface area contributed by atoms with Gasteiger partial charge in [-0.25, -0.2) is 38.4 Å². The first-order valence-corrected chi connectivity index (χ1v) is 32.2. The summed E-state index contributed by atoms with van der Waals surface area (Å²) in [6, 6.07) is 0. The van der Waals surface area contributed by atoms with Crippen molar-refractivity contribution < 1.29 is 169 Å². The standard InChI is InChI=1S/C68H102O35/c1-35(2)59(77)92-24-43(69)17-85-33-51-53(87-19-45(71)26-94-61(79)37(5)6)55(88-20-46(72)27-95-62(80)38(7)8)58(91-23-49(75)30-98-65(83)41(13)14)68(102-51)103-54-52(34-86-18-44(70)25-93-60(78)36(3)4)101-67(100-32-50(76)31-99-66(84)42(15)16)57(90-22-48(74)29-97-64(82)40(11)12)56(54)89-21-47(73)28-96-63(81)39(9)10/h43-58,67-76H,1,3,5,7,9,11,13,15,17-34H2,2,4,6,8,10,12,14,16H3/t43?,44?,45?,46?,47?,48?,49?,50?,51-,52-,53-,54-,55+,56+,57-,58-,67-,68-/m1/s1. The third kappa shape index (κ3) is 36.0. The molecule has 18 atom stereocenters. The maximum atomic E-state index is 12.6. The van der Waals surface area contributed by atoms with Crippen molar-refractivity contribution in [2.75, 3.05) is 119 Å². The van der Waals surface area contributed by atoms with Gasteiger partial charge in [-0.3, -0.25) is 0 Å². The number of esters is 8. The van der Waals surface area contributed by atoms with Crippen LogP contribution < -0.4 is 0 Å². The molecule has 0 spiro atoms. The summed E-state index contributed by atoms with van der Waals surface area (Å²) in [7, 11) is 0. The SMILES string of the molecule is C=C(C)C(=O)OCC(O)COC[C@H]1O[C@H](O[C@H]2[C@H](OCC(O)COC(=O)C(=C)C)[C@@H](OCC(O)COC(=O)C(=C)C)[C@H](OCC(O)COC(=O)C(=C)C)O[C@@H]2COCC(O)COC(=O)C(=C)C)[C@H](OCC(O)COC(=O)C(=C)C)[C@@H](OCC(O)COC(=O)C(=C)C)[C@@H]1OCC(O)COC(=O)C(=C)C. The summed E-state index contributed by atoms with van der Waals surface area (Å²) in [4.78, 5) is 99.9. The summed E-state index contributed by atoms with van der Waals surface area (Å²) >= 11 is 0. The van der Waals surface area contributed by atoms with E-state index in [1.54, 1.807) is 0 Å². The van der Waals surface area contributed by atoms with Crippen LogP contribution >= 0.6 is 0 Å². The number of hydrogen-bond donors (Lipinski definition) is 8. The molecule has 2 aliphatic rings. The fourth-order valence-corrected chi connectivity index (χ4v) is 8.22. The lowest BCUT2D eigenvalue weighted by molar-refractivity contribution is -0.378. The van der Waals surface area contributed by atoms with Gasteiger partial charge < -0.3 is 131 Å². The van der Waals surface area contributed by atoms with Gasteiger partial charge in [0, 0.05) is 44.6 Å². The quantitative estimate of drug-likeness (QED) is 0.0198. The highest BCUT2D eigenvalue weighted by Crippen LogP contribution is 2.36. The monoisotopic (exact) mass is 1480 g/mol. The lowest BCUT2D eigenvalue weighted by atomic mass is 9.95. The normalized spacial score (nSPS) is 22.5. The first kappa shape index (κ1) is 92.0. The molecule has 8 unspecified atom stereocenters. The highest BCUT2D eigenvalue weighted by atomic mass is 16.8. The van der Waals surface area contributed by atoms with E-state index in [2.05, 4.69) is 52.6 Å². The summed E-state index contributed by atoms with van der Waals surface area (Å²) in [5.41, 5.74) is -0.296. The Balaban J connectivity index is 3.26. The molecule has 0 saturated carbocycles. The van der Waals surface area contributed by atoms with Crippen molar-refractivity contribution in [3.8, 4) is 0 Å². The van der Waals surface area contributed by atoms with Gasteiger partial charge in [-0.15, -0.1) is 0 Å². The molecule has 2 fully saturated rings. The fourth-order valence-electron chi connectivity index (χ4n) is 8.22. The molecule has 35 nitrogen and oxygen atoms in total. The highest BCUT2D eigenvalue weighted by molar-refractivity contribution is 5.89. The highest BCUT2D eigenvalue weighted by Gasteiger charge is 2.55. The van der Waals surface area contributed by atoms with Gasteiger partial charge in [-0.2, -0.15) is 0 Å². The largest absolute Gasteiger partial charge is 0.460 e. The molecule has 0 radical (unpaired) electrons. The second kappa shape index (κ2) is 48.1. The number of aliphatic hydroxyl groups excluding tert-OH is 8. The van der Waals surface area contributed by atoms with Crippen LogP contribution in [0.5, 0.6) is 0 Å². The van der Waals surface area contributed by atoms with Crippen molar-refractivity contribution >= 4 is 47.8 Å². The van der Waals surface area contributed by atoms with Crippen LogP contribution in [0, 0.1) is 0 Å². The first-order chi connectivity index (χ1) is 48.3. The van der Waals surface area contributed by atoms with E-state index in [4.69, 9.17) is 90.0 Å². The Labute approximate surface area is 596 Å². The van der Waals surface area contributed by atoms with Crippen molar-refractivity contribution in [2.45, 2.75) is 166 Å². The number of aliphatic hydroxyl groups is 8. The molecule has 584 valence electrons. The molecule has 35 heteroatoms. The minimum atomic E-state index is -2.10. The first-order valence-electron chi connectivity index (χ1n) is 32.2. The molecule has 8 N–H and O–H groups in total. The summed E-state index contributed by atoms with van der Waals surface area (Å²) in [5, 5.41) is 90.2. The fraction of sp³-hybridized carbons (Fsp3) is 0.647. The topological polar surface area (TPSA) is 474 Å². The van der Waals surface area contributed by atoms with E-state index in [0.29, 0.717) is 0 Å². The number of rotatable bonds is 52. The molecule has 0 aliphatic carbocycles. The van der Waals surface area contributed by atoms with E-state index in [1.807, 2.05) is 0 Å².